The molecule has 0 fully saturated rings. The molecule has 0 radical (unpaired) electrons. The smallest absolute Gasteiger partial charge is 0.351 e. The Balaban J connectivity index is 2.25. The van der Waals surface area contributed by atoms with Gasteiger partial charge in [-0.05, 0) is 31.2 Å². The summed E-state index contributed by atoms with van der Waals surface area (Å²) in [4.78, 5) is 15.2. The number of benzene rings is 2. The molecular weight excluding hydrogens is 380 g/mol. The van der Waals surface area contributed by atoms with E-state index in [0.717, 1.165) is 23.8 Å². The SMILES string of the molecule is Cc1ccc(S(=O)(=O)n2c(N)nc3ccc(C(F)(F)C(=O)NN)cc32)cc1. The van der Waals surface area contributed by atoms with Crippen LogP contribution in [-0.4, -0.2) is 23.3 Å². The van der Waals surface area contributed by atoms with E-state index in [9.17, 15) is 22.0 Å². The van der Waals surface area contributed by atoms with E-state index in [0.29, 0.717) is 3.97 Å². The topological polar surface area (TPSA) is 133 Å². The molecule has 27 heavy (non-hydrogen) atoms. The van der Waals surface area contributed by atoms with Crippen LogP contribution in [0.2, 0.25) is 0 Å². The summed E-state index contributed by atoms with van der Waals surface area (Å²) in [6.07, 6.45) is 0. The number of aromatic nitrogens is 2. The van der Waals surface area contributed by atoms with E-state index >= 15 is 0 Å². The lowest BCUT2D eigenvalue weighted by Crippen LogP contribution is -2.42. The number of amides is 1. The predicted octanol–water partition coefficient (Wildman–Crippen LogP) is 1.25. The fourth-order valence-corrected chi connectivity index (χ4v) is 3.94. The van der Waals surface area contributed by atoms with Crippen LogP contribution in [0, 0.1) is 6.92 Å². The first-order chi connectivity index (χ1) is 12.6. The highest BCUT2D eigenvalue weighted by atomic mass is 32.2. The van der Waals surface area contributed by atoms with Gasteiger partial charge in [-0.15, -0.1) is 0 Å². The third-order valence-electron chi connectivity index (χ3n) is 3.98. The van der Waals surface area contributed by atoms with Crippen molar-refractivity contribution in [2.75, 3.05) is 5.73 Å². The van der Waals surface area contributed by atoms with E-state index in [1.165, 1.54) is 17.6 Å². The summed E-state index contributed by atoms with van der Waals surface area (Å²) in [5, 5.41) is 0. The van der Waals surface area contributed by atoms with Crippen molar-refractivity contribution in [3.05, 3.63) is 53.6 Å². The second kappa shape index (κ2) is 6.28. The van der Waals surface area contributed by atoms with Crippen molar-refractivity contribution in [3.8, 4) is 0 Å². The number of aryl methyl sites for hydroxylation is 1. The maximum atomic E-state index is 14.2. The number of rotatable bonds is 4. The van der Waals surface area contributed by atoms with Gasteiger partial charge < -0.3 is 5.73 Å². The molecule has 0 aliphatic heterocycles. The molecule has 1 heterocycles. The van der Waals surface area contributed by atoms with Crippen molar-refractivity contribution in [2.45, 2.75) is 17.7 Å². The van der Waals surface area contributed by atoms with Gasteiger partial charge in [0.15, 0.2) is 0 Å². The Labute approximate surface area is 152 Å². The van der Waals surface area contributed by atoms with Gasteiger partial charge in [0, 0.05) is 5.56 Å². The first kappa shape index (κ1) is 18.7. The zero-order chi connectivity index (χ0) is 20.0. The summed E-state index contributed by atoms with van der Waals surface area (Å²) in [5.74, 6) is -1.31. The van der Waals surface area contributed by atoms with Crippen molar-refractivity contribution in [1.82, 2.24) is 14.4 Å². The fraction of sp³-hybridized carbons (Fsp3) is 0.125. The number of carbonyl (C=O) groups is 1. The summed E-state index contributed by atoms with van der Waals surface area (Å²) < 4.78 is 54.9. The number of imidazole rings is 1. The van der Waals surface area contributed by atoms with Crippen molar-refractivity contribution in [3.63, 3.8) is 0 Å². The molecule has 1 aromatic heterocycles. The largest absolute Gasteiger partial charge is 0.368 e. The predicted molar refractivity (Wildman–Crippen MR) is 94.1 cm³/mol. The highest BCUT2D eigenvalue weighted by Gasteiger charge is 2.41. The van der Waals surface area contributed by atoms with E-state index in [-0.39, 0.29) is 15.9 Å². The summed E-state index contributed by atoms with van der Waals surface area (Å²) in [6, 6.07) is 8.87. The fourth-order valence-electron chi connectivity index (χ4n) is 2.56. The summed E-state index contributed by atoms with van der Waals surface area (Å²) in [5.41, 5.74) is 7.10. The molecule has 3 aromatic rings. The number of anilines is 1. The number of alkyl halides is 2. The zero-order valence-electron chi connectivity index (χ0n) is 14.0. The van der Waals surface area contributed by atoms with Crippen LogP contribution in [0.5, 0.6) is 0 Å². The van der Waals surface area contributed by atoms with Crippen LogP contribution in [0.1, 0.15) is 11.1 Å². The van der Waals surface area contributed by atoms with Crippen LogP contribution >= 0.6 is 0 Å². The molecule has 0 atom stereocenters. The Bertz CT molecular complexity index is 1140. The Kier molecular flexibility index (Phi) is 4.36. The molecule has 0 saturated carbocycles. The highest BCUT2D eigenvalue weighted by molar-refractivity contribution is 7.90. The van der Waals surface area contributed by atoms with Gasteiger partial charge in [0.25, 0.3) is 10.0 Å². The number of nitrogens with two attached hydrogens (primary N) is 2. The normalized spacial score (nSPS) is 12.3. The maximum absolute atomic E-state index is 14.2. The minimum atomic E-state index is -4.20. The molecule has 8 nitrogen and oxygen atoms in total. The van der Waals surface area contributed by atoms with E-state index in [4.69, 9.17) is 11.6 Å². The minimum Gasteiger partial charge on any atom is -0.368 e. The second-order valence-electron chi connectivity index (χ2n) is 5.80. The number of hydrazine groups is 1. The number of nitrogens with zero attached hydrogens (tertiary/aromatic N) is 2. The van der Waals surface area contributed by atoms with Crippen LogP contribution in [0.25, 0.3) is 11.0 Å². The van der Waals surface area contributed by atoms with Gasteiger partial charge in [0.2, 0.25) is 5.95 Å². The molecule has 0 saturated heterocycles. The molecule has 3 rings (SSSR count). The monoisotopic (exact) mass is 395 g/mol. The molecule has 11 heteroatoms. The summed E-state index contributed by atoms with van der Waals surface area (Å²) in [6.45, 7) is 1.79. The standard InChI is InChI=1S/C16H15F2N5O3S/c1-9-2-5-11(6-3-9)27(25,26)23-13-8-10(16(17,18)14(24)22-20)4-7-12(13)21-15(23)19/h2-8H,20H2,1H3,(H2,19,21)(H,22,24). The summed E-state index contributed by atoms with van der Waals surface area (Å²) >= 11 is 0. The number of fused-ring (bicyclic) bond motifs is 1. The Morgan fingerprint density at radius 2 is 1.81 bits per heavy atom. The van der Waals surface area contributed by atoms with Crippen molar-refractivity contribution in [1.29, 1.82) is 0 Å². The summed E-state index contributed by atoms with van der Waals surface area (Å²) in [7, 11) is -4.20. The highest BCUT2D eigenvalue weighted by Crippen LogP contribution is 2.32. The number of nitrogens with one attached hydrogen (secondary N) is 1. The van der Waals surface area contributed by atoms with Crippen LogP contribution in [-0.2, 0) is 20.7 Å². The first-order valence-corrected chi connectivity index (χ1v) is 9.02. The molecule has 142 valence electrons. The van der Waals surface area contributed by atoms with E-state index in [2.05, 4.69) is 4.98 Å². The second-order valence-corrected chi connectivity index (χ2v) is 7.59. The molecule has 0 aliphatic rings. The molecule has 0 unspecified atom stereocenters. The third-order valence-corrected chi connectivity index (χ3v) is 5.71. The lowest BCUT2D eigenvalue weighted by Gasteiger charge is -2.15. The molecule has 0 bridgehead atoms. The first-order valence-electron chi connectivity index (χ1n) is 7.58. The molecule has 1 amide bonds. The van der Waals surface area contributed by atoms with Gasteiger partial charge in [-0.25, -0.2) is 23.2 Å². The lowest BCUT2D eigenvalue weighted by molar-refractivity contribution is -0.147. The average Bonchev–Trinajstić information content (AvgIpc) is 2.96. The van der Waals surface area contributed by atoms with Crippen LogP contribution in [0.3, 0.4) is 0 Å². The molecule has 0 spiro atoms. The Morgan fingerprint density at radius 1 is 1.19 bits per heavy atom. The molecular formula is C16H15F2N5O3S. The zero-order valence-corrected chi connectivity index (χ0v) is 14.8. The van der Waals surface area contributed by atoms with Crippen molar-refractivity contribution < 1.29 is 22.0 Å². The Hall–Kier alpha value is -3.05. The third kappa shape index (κ3) is 3.00. The van der Waals surface area contributed by atoms with E-state index in [1.54, 1.807) is 19.1 Å². The van der Waals surface area contributed by atoms with Crippen LogP contribution in [0.4, 0.5) is 14.7 Å². The lowest BCUT2D eigenvalue weighted by atomic mass is 10.1. The van der Waals surface area contributed by atoms with Gasteiger partial charge in [-0.2, -0.15) is 8.78 Å². The van der Waals surface area contributed by atoms with Crippen molar-refractivity contribution in [2.24, 2.45) is 5.84 Å². The minimum absolute atomic E-state index is 0.0795. The van der Waals surface area contributed by atoms with E-state index in [1.807, 2.05) is 0 Å². The number of hydrogen-bond acceptors (Lipinski definition) is 6. The van der Waals surface area contributed by atoms with Crippen LogP contribution < -0.4 is 17.0 Å². The van der Waals surface area contributed by atoms with E-state index < -0.39 is 33.4 Å². The average molecular weight is 395 g/mol. The van der Waals surface area contributed by atoms with Gasteiger partial charge in [-0.1, -0.05) is 23.8 Å². The molecule has 2 aromatic carbocycles. The number of hydrogen-bond donors (Lipinski definition) is 3. The number of nitrogen functional groups attached to an aromatic ring is 1. The van der Waals surface area contributed by atoms with Crippen molar-refractivity contribution >= 4 is 32.9 Å². The number of carbonyl (C=O) groups excluding carboxylic acids is 1. The van der Waals surface area contributed by atoms with Gasteiger partial charge in [0.05, 0.1) is 15.9 Å². The van der Waals surface area contributed by atoms with Gasteiger partial charge in [-0.3, -0.25) is 10.2 Å². The quantitative estimate of drug-likeness (QED) is 0.346. The van der Waals surface area contributed by atoms with Gasteiger partial charge in [0.1, 0.15) is 0 Å². The maximum Gasteiger partial charge on any atom is 0.351 e. The molecule has 0 aliphatic carbocycles. The van der Waals surface area contributed by atoms with Crippen LogP contribution in [0.15, 0.2) is 47.4 Å². The number of halogens is 2. The molecule has 5 N–H and O–H groups in total. The van der Waals surface area contributed by atoms with Gasteiger partial charge >= 0.3 is 11.8 Å². The Morgan fingerprint density at radius 3 is 2.41 bits per heavy atom.